The van der Waals surface area contributed by atoms with Gasteiger partial charge in [0.15, 0.2) is 5.78 Å². The van der Waals surface area contributed by atoms with Crippen LogP contribution in [0.15, 0.2) is 54.7 Å². The number of benzene rings is 2. The molecule has 0 saturated carbocycles. The van der Waals surface area contributed by atoms with Gasteiger partial charge in [0.25, 0.3) is 0 Å². The smallest absolute Gasteiger partial charge is 0.187 e. The van der Waals surface area contributed by atoms with Crippen LogP contribution in [-0.2, 0) is 12.8 Å². The second-order valence-electron chi connectivity index (χ2n) is 5.62. The summed E-state index contributed by atoms with van der Waals surface area (Å²) in [4.78, 5) is 12.2. The summed E-state index contributed by atoms with van der Waals surface area (Å²) >= 11 is 0. The van der Waals surface area contributed by atoms with Crippen LogP contribution in [0.1, 0.15) is 34.3 Å². The fraction of sp³-hybridized carbons (Fsp3) is 0.211. The van der Waals surface area contributed by atoms with Gasteiger partial charge in [-0.1, -0.05) is 24.3 Å². The molecule has 0 heterocycles. The lowest BCUT2D eigenvalue weighted by atomic mass is 9.90. The van der Waals surface area contributed by atoms with Gasteiger partial charge in [0.1, 0.15) is 0 Å². The van der Waals surface area contributed by atoms with Crippen LogP contribution < -0.4 is 11.1 Å². The van der Waals surface area contributed by atoms with Crippen molar-refractivity contribution in [3.63, 3.8) is 0 Å². The highest BCUT2D eigenvalue weighted by atomic mass is 16.1. The van der Waals surface area contributed by atoms with Crippen LogP contribution in [-0.4, -0.2) is 5.78 Å². The molecule has 0 aromatic heterocycles. The summed E-state index contributed by atoms with van der Waals surface area (Å²) in [6, 6.07) is 13.5. The van der Waals surface area contributed by atoms with Crippen LogP contribution in [0.5, 0.6) is 0 Å². The van der Waals surface area contributed by atoms with Crippen molar-refractivity contribution in [3.8, 4) is 0 Å². The first kappa shape index (κ1) is 14.4. The third kappa shape index (κ3) is 3.19. The van der Waals surface area contributed by atoms with Gasteiger partial charge in [-0.05, 0) is 55.0 Å². The van der Waals surface area contributed by atoms with Gasteiger partial charge in [-0.2, -0.15) is 0 Å². The van der Waals surface area contributed by atoms with Crippen LogP contribution >= 0.6 is 0 Å². The summed E-state index contributed by atoms with van der Waals surface area (Å²) in [6.45, 7) is 0. The number of nitrogen functional groups attached to an aromatic ring is 1. The third-order valence-electron chi connectivity index (χ3n) is 4.07. The Morgan fingerprint density at radius 2 is 1.82 bits per heavy atom. The lowest BCUT2D eigenvalue weighted by Crippen LogP contribution is -2.05. The van der Waals surface area contributed by atoms with Crippen LogP contribution in [0.4, 0.5) is 11.4 Å². The molecule has 0 radical (unpaired) electrons. The average Bonchev–Trinajstić information content (AvgIpc) is 2.56. The molecule has 0 saturated heterocycles. The fourth-order valence-corrected chi connectivity index (χ4v) is 2.82. The van der Waals surface area contributed by atoms with Gasteiger partial charge >= 0.3 is 0 Å². The van der Waals surface area contributed by atoms with E-state index in [1.807, 2.05) is 36.4 Å². The maximum atomic E-state index is 12.2. The minimum Gasteiger partial charge on any atom is -0.397 e. The molecule has 3 rings (SSSR count). The van der Waals surface area contributed by atoms with Crippen molar-refractivity contribution in [2.45, 2.75) is 25.7 Å². The third-order valence-corrected chi connectivity index (χ3v) is 4.07. The normalized spacial score (nSPS) is 13.8. The molecule has 0 bridgehead atoms. The molecule has 0 amide bonds. The van der Waals surface area contributed by atoms with Crippen LogP contribution in [0.3, 0.4) is 0 Å². The highest BCUT2D eigenvalue weighted by Crippen LogP contribution is 2.22. The van der Waals surface area contributed by atoms with Gasteiger partial charge in [0, 0.05) is 17.8 Å². The predicted octanol–water partition coefficient (Wildman–Crippen LogP) is 3.96. The number of fused-ring (bicyclic) bond motifs is 1. The molecule has 3 nitrogen and oxygen atoms in total. The first-order valence-corrected chi connectivity index (χ1v) is 7.68. The summed E-state index contributed by atoms with van der Waals surface area (Å²) in [7, 11) is 0. The summed E-state index contributed by atoms with van der Waals surface area (Å²) in [5, 5.41) is 3.05. The van der Waals surface area contributed by atoms with Crippen molar-refractivity contribution in [2.24, 2.45) is 0 Å². The molecule has 1 aliphatic carbocycles. The summed E-state index contributed by atoms with van der Waals surface area (Å²) in [5.41, 5.74) is 10.8. The molecule has 22 heavy (non-hydrogen) atoms. The molecular formula is C19H20N2O. The first-order valence-electron chi connectivity index (χ1n) is 7.68. The van der Waals surface area contributed by atoms with E-state index >= 15 is 0 Å². The van der Waals surface area contributed by atoms with Crippen molar-refractivity contribution in [2.75, 3.05) is 11.1 Å². The molecule has 3 heteroatoms. The minimum absolute atomic E-state index is 0.00961. The summed E-state index contributed by atoms with van der Waals surface area (Å²) < 4.78 is 0. The Balaban J connectivity index is 1.69. The minimum atomic E-state index is 0.00961. The summed E-state index contributed by atoms with van der Waals surface area (Å²) in [5.74, 6) is 0.00961. The Morgan fingerprint density at radius 1 is 1.05 bits per heavy atom. The highest BCUT2D eigenvalue weighted by Gasteiger charge is 2.11. The molecule has 3 N–H and O–H groups in total. The van der Waals surface area contributed by atoms with Crippen molar-refractivity contribution in [1.82, 2.24) is 0 Å². The molecule has 2 aromatic carbocycles. The van der Waals surface area contributed by atoms with Crippen LogP contribution in [0, 0.1) is 0 Å². The van der Waals surface area contributed by atoms with Gasteiger partial charge in [-0.3, -0.25) is 4.79 Å². The van der Waals surface area contributed by atoms with Gasteiger partial charge in [-0.25, -0.2) is 0 Å². The number of hydrogen-bond donors (Lipinski definition) is 2. The summed E-state index contributed by atoms with van der Waals surface area (Å²) in [6.07, 6.45) is 7.88. The molecule has 0 unspecified atom stereocenters. The Morgan fingerprint density at radius 3 is 2.64 bits per heavy atom. The van der Waals surface area contributed by atoms with E-state index in [2.05, 4.69) is 11.4 Å². The SMILES string of the molecule is Nc1ccccc1N/C=C\C(=O)c1ccc2c(c1)CCCC2. The Hall–Kier alpha value is -2.55. The number of allylic oxidation sites excluding steroid dienone is 1. The largest absolute Gasteiger partial charge is 0.397 e. The number of nitrogens with two attached hydrogens (primary N) is 1. The molecule has 0 spiro atoms. The number of nitrogens with one attached hydrogen (secondary N) is 1. The highest BCUT2D eigenvalue weighted by molar-refractivity contribution is 6.04. The van der Waals surface area contributed by atoms with E-state index in [4.69, 9.17) is 5.73 Å². The lowest BCUT2D eigenvalue weighted by Gasteiger charge is -2.15. The number of ketones is 1. The van der Waals surface area contributed by atoms with Crippen molar-refractivity contribution in [1.29, 1.82) is 0 Å². The predicted molar refractivity (Wildman–Crippen MR) is 91.0 cm³/mol. The molecule has 112 valence electrons. The quantitative estimate of drug-likeness (QED) is 0.509. The Bertz CT molecular complexity index is 719. The number of para-hydroxylation sites is 2. The molecular weight excluding hydrogens is 272 g/mol. The van der Waals surface area contributed by atoms with E-state index in [1.165, 1.54) is 24.0 Å². The van der Waals surface area contributed by atoms with Crippen LogP contribution in [0.2, 0.25) is 0 Å². The zero-order valence-electron chi connectivity index (χ0n) is 12.5. The van der Waals surface area contributed by atoms with E-state index in [0.717, 1.165) is 24.1 Å². The number of carbonyl (C=O) groups is 1. The van der Waals surface area contributed by atoms with E-state index in [1.54, 1.807) is 12.3 Å². The zero-order chi connectivity index (χ0) is 15.4. The Kier molecular flexibility index (Phi) is 4.24. The number of aryl methyl sites for hydroxylation is 2. The average molecular weight is 292 g/mol. The number of anilines is 2. The number of hydrogen-bond acceptors (Lipinski definition) is 3. The molecule has 2 aromatic rings. The first-order chi connectivity index (χ1) is 10.7. The van der Waals surface area contributed by atoms with E-state index in [-0.39, 0.29) is 5.78 Å². The maximum Gasteiger partial charge on any atom is 0.187 e. The topological polar surface area (TPSA) is 55.1 Å². The van der Waals surface area contributed by atoms with Crippen molar-refractivity contribution in [3.05, 3.63) is 71.4 Å². The second kappa shape index (κ2) is 6.48. The van der Waals surface area contributed by atoms with E-state index in [0.29, 0.717) is 5.69 Å². The van der Waals surface area contributed by atoms with Gasteiger partial charge in [-0.15, -0.1) is 0 Å². The fourth-order valence-electron chi connectivity index (χ4n) is 2.82. The number of rotatable bonds is 4. The standard InChI is InChI=1S/C19H20N2O/c20-17-7-3-4-8-18(17)21-12-11-19(22)16-10-9-14-5-1-2-6-15(14)13-16/h3-4,7-13,21H,1-2,5-6,20H2/b12-11-. The molecule has 0 atom stereocenters. The van der Waals surface area contributed by atoms with E-state index < -0.39 is 0 Å². The Labute approximate surface area is 130 Å². The maximum absolute atomic E-state index is 12.2. The zero-order valence-corrected chi connectivity index (χ0v) is 12.5. The van der Waals surface area contributed by atoms with Crippen LogP contribution in [0.25, 0.3) is 0 Å². The van der Waals surface area contributed by atoms with Gasteiger partial charge in [0.05, 0.1) is 11.4 Å². The van der Waals surface area contributed by atoms with Crippen molar-refractivity contribution >= 4 is 17.2 Å². The van der Waals surface area contributed by atoms with E-state index in [9.17, 15) is 4.79 Å². The van der Waals surface area contributed by atoms with Crippen molar-refractivity contribution < 1.29 is 4.79 Å². The molecule has 1 aliphatic rings. The lowest BCUT2D eigenvalue weighted by molar-refractivity contribution is 0.104. The second-order valence-corrected chi connectivity index (χ2v) is 5.62. The van der Waals surface area contributed by atoms with Gasteiger partial charge < -0.3 is 11.1 Å². The number of carbonyl (C=O) groups excluding carboxylic acids is 1. The monoisotopic (exact) mass is 292 g/mol. The molecule has 0 aliphatic heterocycles. The van der Waals surface area contributed by atoms with Gasteiger partial charge in [0.2, 0.25) is 0 Å². The molecule has 0 fully saturated rings.